The van der Waals surface area contributed by atoms with Crippen LogP contribution in [0.25, 0.3) is 44.2 Å². The molecule has 13 rings (SSSR count). The predicted octanol–water partition coefficient (Wildman–Crippen LogP) is 19.5. The fraction of sp³-hybridized carbons (Fsp3) is 0.0986. The fourth-order valence-corrected chi connectivity index (χ4v) is 12.4. The molecule has 0 unspecified atom stereocenters. The second kappa shape index (κ2) is 19.1. The van der Waals surface area contributed by atoms with E-state index in [4.69, 9.17) is 0 Å². The van der Waals surface area contributed by atoms with Crippen LogP contribution < -0.4 is 9.80 Å². The first-order valence-corrected chi connectivity index (χ1v) is 26.1. The van der Waals surface area contributed by atoms with Gasteiger partial charge in [-0.1, -0.05) is 226 Å². The molecule has 0 spiro atoms. The molecule has 2 nitrogen and oxygen atoms in total. The first kappa shape index (κ1) is 44.2. The average Bonchev–Trinajstić information content (AvgIpc) is 3.77. The normalized spacial score (nSPS) is 13.8. The summed E-state index contributed by atoms with van der Waals surface area (Å²) in [5.41, 5.74) is 19.8. The van der Waals surface area contributed by atoms with E-state index in [2.05, 4.69) is 283 Å². The second-order valence-electron chi connectivity index (χ2n) is 19.8. The summed E-state index contributed by atoms with van der Waals surface area (Å²) in [6.45, 7) is 0. The quantitative estimate of drug-likeness (QED) is 0.127. The van der Waals surface area contributed by atoms with Gasteiger partial charge in [-0.15, -0.1) is 0 Å². The van der Waals surface area contributed by atoms with Crippen molar-refractivity contribution >= 4 is 44.9 Å². The van der Waals surface area contributed by atoms with Crippen LogP contribution in [-0.4, -0.2) is 0 Å². The zero-order valence-corrected chi connectivity index (χ0v) is 41.0. The molecule has 11 aromatic rings. The van der Waals surface area contributed by atoms with Gasteiger partial charge in [0.1, 0.15) is 0 Å². The van der Waals surface area contributed by atoms with E-state index in [1.165, 1.54) is 98.5 Å². The van der Waals surface area contributed by atoms with Gasteiger partial charge in [-0.2, -0.15) is 0 Å². The highest BCUT2D eigenvalue weighted by atomic mass is 15.2. The Morgan fingerprint density at radius 3 is 1.45 bits per heavy atom. The molecule has 73 heavy (non-hydrogen) atoms. The van der Waals surface area contributed by atoms with Crippen molar-refractivity contribution in [2.45, 2.75) is 43.4 Å². The summed E-state index contributed by atoms with van der Waals surface area (Å²) in [5, 5.41) is 2.45. The van der Waals surface area contributed by atoms with Crippen molar-refractivity contribution in [3.8, 4) is 33.4 Å². The van der Waals surface area contributed by atoms with E-state index in [9.17, 15) is 0 Å². The van der Waals surface area contributed by atoms with E-state index in [0.717, 1.165) is 39.7 Å². The fourth-order valence-electron chi connectivity index (χ4n) is 12.4. The van der Waals surface area contributed by atoms with Crippen molar-refractivity contribution in [3.05, 3.63) is 301 Å². The van der Waals surface area contributed by atoms with E-state index in [1.807, 2.05) is 0 Å². The lowest BCUT2D eigenvalue weighted by Crippen LogP contribution is -2.28. The molecule has 0 N–H and O–H groups in total. The third-order valence-electron chi connectivity index (χ3n) is 15.7. The van der Waals surface area contributed by atoms with Gasteiger partial charge in [0.15, 0.2) is 0 Å². The van der Waals surface area contributed by atoms with E-state index >= 15 is 0 Å². The molecular weight excluding hydrogens is 881 g/mol. The number of anilines is 6. The molecular formula is C71H56N2. The van der Waals surface area contributed by atoms with Crippen molar-refractivity contribution in [1.29, 1.82) is 0 Å². The standard InChI is InChI=1S/C71H56N2/c1-7-23-51(24-8-1)52-39-42-60(43-40-52)73(61-44-46-67-66-37-21-22-38-68(66)71(69(67)50-61,56-28-11-3-12-29-56)57-30-13-4-14-31-57)63-48-55(47-62(49-63)72(58-32-15-5-16-33-58)59-34-17-6-18-35-59)65-45-41-53-25-19-20-36-64(53)70(65)54-26-9-2-10-27-54/h2-6,9-22,25-51H,1,7-8,23-24H2. The van der Waals surface area contributed by atoms with Crippen LogP contribution in [0, 0.1) is 0 Å². The zero-order chi connectivity index (χ0) is 48.6. The first-order chi connectivity index (χ1) is 36.2. The topological polar surface area (TPSA) is 6.48 Å². The van der Waals surface area contributed by atoms with Crippen LogP contribution in [0.5, 0.6) is 0 Å². The number of hydrogen-bond acceptors (Lipinski definition) is 2. The Balaban J connectivity index is 1.10. The Kier molecular flexibility index (Phi) is 11.6. The van der Waals surface area contributed by atoms with Crippen LogP contribution in [0.3, 0.4) is 0 Å². The predicted molar refractivity (Wildman–Crippen MR) is 307 cm³/mol. The third-order valence-corrected chi connectivity index (χ3v) is 15.7. The molecule has 0 aliphatic heterocycles. The minimum Gasteiger partial charge on any atom is -0.310 e. The molecule has 1 saturated carbocycles. The van der Waals surface area contributed by atoms with E-state index in [0.29, 0.717) is 5.92 Å². The highest BCUT2D eigenvalue weighted by molar-refractivity contribution is 6.05. The van der Waals surface area contributed by atoms with Gasteiger partial charge < -0.3 is 9.80 Å². The Hall–Kier alpha value is -8.72. The van der Waals surface area contributed by atoms with Crippen LogP contribution >= 0.6 is 0 Å². The maximum absolute atomic E-state index is 2.53. The lowest BCUT2D eigenvalue weighted by molar-refractivity contribution is 0.443. The number of benzene rings is 11. The van der Waals surface area contributed by atoms with Crippen LogP contribution in [0.4, 0.5) is 34.1 Å². The van der Waals surface area contributed by atoms with Gasteiger partial charge in [0.05, 0.1) is 5.41 Å². The number of nitrogens with zero attached hydrogens (tertiary/aromatic N) is 2. The van der Waals surface area contributed by atoms with Crippen LogP contribution in [0.15, 0.2) is 273 Å². The number of hydrogen-bond donors (Lipinski definition) is 0. The van der Waals surface area contributed by atoms with Crippen LogP contribution in [0.2, 0.25) is 0 Å². The molecule has 0 atom stereocenters. The summed E-state index contributed by atoms with van der Waals surface area (Å²) >= 11 is 0. The molecule has 0 saturated heterocycles. The molecule has 0 bridgehead atoms. The molecule has 0 heterocycles. The number of rotatable bonds is 11. The minimum atomic E-state index is -0.554. The Morgan fingerprint density at radius 2 is 0.808 bits per heavy atom. The summed E-state index contributed by atoms with van der Waals surface area (Å²) in [4.78, 5) is 4.94. The minimum absolute atomic E-state index is 0.554. The highest BCUT2D eigenvalue weighted by Gasteiger charge is 2.46. The number of fused-ring (bicyclic) bond motifs is 4. The van der Waals surface area contributed by atoms with Crippen molar-refractivity contribution in [3.63, 3.8) is 0 Å². The molecule has 0 amide bonds. The van der Waals surface area contributed by atoms with Crippen molar-refractivity contribution in [2.24, 2.45) is 0 Å². The van der Waals surface area contributed by atoms with Crippen LogP contribution in [0.1, 0.15) is 65.8 Å². The van der Waals surface area contributed by atoms with Crippen molar-refractivity contribution < 1.29 is 0 Å². The molecule has 1 fully saturated rings. The molecule has 350 valence electrons. The Labute approximate surface area is 430 Å². The second-order valence-corrected chi connectivity index (χ2v) is 19.8. The summed E-state index contributed by atoms with van der Waals surface area (Å²) in [7, 11) is 0. The summed E-state index contributed by atoms with van der Waals surface area (Å²) in [6, 6.07) is 102. The maximum atomic E-state index is 2.53. The van der Waals surface area contributed by atoms with Gasteiger partial charge in [-0.3, -0.25) is 0 Å². The van der Waals surface area contributed by atoms with Gasteiger partial charge in [-0.05, 0) is 157 Å². The Morgan fingerprint density at radius 1 is 0.315 bits per heavy atom. The largest absolute Gasteiger partial charge is 0.310 e. The van der Waals surface area contributed by atoms with Gasteiger partial charge in [0.25, 0.3) is 0 Å². The van der Waals surface area contributed by atoms with Crippen LogP contribution in [-0.2, 0) is 5.41 Å². The lowest BCUT2D eigenvalue weighted by atomic mass is 9.67. The smallest absolute Gasteiger partial charge is 0.0714 e. The molecule has 2 aliphatic carbocycles. The van der Waals surface area contributed by atoms with Crippen molar-refractivity contribution in [1.82, 2.24) is 0 Å². The monoisotopic (exact) mass is 936 g/mol. The Bertz CT molecular complexity index is 3620. The lowest BCUT2D eigenvalue weighted by Gasteiger charge is -2.35. The van der Waals surface area contributed by atoms with E-state index < -0.39 is 5.41 Å². The molecule has 0 radical (unpaired) electrons. The zero-order valence-electron chi connectivity index (χ0n) is 41.0. The number of para-hydroxylation sites is 2. The van der Waals surface area contributed by atoms with Gasteiger partial charge in [0, 0.05) is 34.1 Å². The SMILES string of the molecule is c1ccc(-c2c(-c3cc(N(c4ccccc4)c4ccccc4)cc(N(c4ccc(C5CCCCC5)cc4)c4ccc5c(c4)C(c4ccccc4)(c4ccccc4)c4ccccc4-5)c3)ccc3ccccc23)cc1. The van der Waals surface area contributed by atoms with E-state index in [-0.39, 0.29) is 0 Å². The maximum Gasteiger partial charge on any atom is 0.0714 e. The first-order valence-electron chi connectivity index (χ1n) is 26.1. The molecule has 11 aromatic carbocycles. The highest BCUT2D eigenvalue weighted by Crippen LogP contribution is 2.58. The summed E-state index contributed by atoms with van der Waals surface area (Å²) < 4.78 is 0. The molecule has 2 heteroatoms. The molecule has 2 aliphatic rings. The molecule has 0 aromatic heterocycles. The third kappa shape index (κ3) is 7.91. The average molecular weight is 937 g/mol. The van der Waals surface area contributed by atoms with Crippen molar-refractivity contribution in [2.75, 3.05) is 9.80 Å². The van der Waals surface area contributed by atoms with Gasteiger partial charge in [-0.25, -0.2) is 0 Å². The van der Waals surface area contributed by atoms with Gasteiger partial charge in [0.2, 0.25) is 0 Å². The van der Waals surface area contributed by atoms with E-state index in [1.54, 1.807) is 0 Å². The van der Waals surface area contributed by atoms with Gasteiger partial charge >= 0.3 is 0 Å². The summed E-state index contributed by atoms with van der Waals surface area (Å²) in [5.74, 6) is 0.594. The summed E-state index contributed by atoms with van der Waals surface area (Å²) in [6.07, 6.45) is 6.45.